The van der Waals surface area contributed by atoms with Gasteiger partial charge in [0, 0.05) is 45.4 Å². The van der Waals surface area contributed by atoms with Crippen LogP contribution in [0.25, 0.3) is 16.6 Å². The maximum atomic E-state index is 13.7. The molecule has 2 aliphatic rings. The quantitative estimate of drug-likeness (QED) is 0.442. The van der Waals surface area contributed by atoms with E-state index in [0.717, 1.165) is 60.3 Å². The molecule has 32 heavy (non-hydrogen) atoms. The van der Waals surface area contributed by atoms with E-state index in [0.29, 0.717) is 29.6 Å². The summed E-state index contributed by atoms with van der Waals surface area (Å²) in [6.07, 6.45) is 3.33. The molecular formula is C27H31ClN2O2. The molecule has 3 aromatic rings. The second-order valence-corrected chi connectivity index (χ2v) is 10.0. The van der Waals surface area contributed by atoms with Gasteiger partial charge in [-0.25, -0.2) is 0 Å². The van der Waals surface area contributed by atoms with Gasteiger partial charge in [-0.3, -0.25) is 9.69 Å². The van der Waals surface area contributed by atoms with Crippen molar-refractivity contribution in [1.82, 2.24) is 9.47 Å². The number of rotatable bonds is 6. The molecule has 2 saturated heterocycles. The highest BCUT2D eigenvalue weighted by Crippen LogP contribution is 2.33. The zero-order chi connectivity index (χ0) is 22.4. The van der Waals surface area contributed by atoms with Crippen LogP contribution in [0.15, 0.2) is 42.5 Å². The number of carbonyl (C=O) groups excluding carboxylic acids is 1. The topological polar surface area (TPSA) is 34.5 Å². The number of ketones is 1. The summed E-state index contributed by atoms with van der Waals surface area (Å²) in [7, 11) is 0. The third-order valence-corrected chi connectivity index (χ3v) is 7.58. The molecule has 0 amide bonds. The van der Waals surface area contributed by atoms with Crippen molar-refractivity contribution in [1.29, 1.82) is 0 Å². The van der Waals surface area contributed by atoms with Crippen molar-refractivity contribution >= 4 is 28.3 Å². The number of hydrogen-bond donors (Lipinski definition) is 0. The number of Topliss-reactive ketones (excluding diaryl/α,β-unsaturated/α-hetero) is 1. The zero-order valence-corrected chi connectivity index (χ0v) is 19.9. The average Bonchev–Trinajstić information content (AvgIpc) is 3.21. The minimum Gasteiger partial charge on any atom is -0.381 e. The Morgan fingerprint density at radius 2 is 1.75 bits per heavy atom. The number of likely N-dealkylation sites (tertiary alicyclic amines) is 1. The highest BCUT2D eigenvalue weighted by molar-refractivity contribution is 6.30. The Morgan fingerprint density at radius 3 is 2.38 bits per heavy atom. The van der Waals surface area contributed by atoms with E-state index in [2.05, 4.69) is 48.4 Å². The first-order chi connectivity index (χ1) is 15.4. The molecule has 2 unspecified atom stereocenters. The van der Waals surface area contributed by atoms with Crippen molar-refractivity contribution in [3.8, 4) is 5.69 Å². The molecule has 0 saturated carbocycles. The molecule has 168 valence electrons. The summed E-state index contributed by atoms with van der Waals surface area (Å²) in [6.45, 7) is 8.69. The van der Waals surface area contributed by atoms with Gasteiger partial charge in [-0.15, -0.1) is 0 Å². The fourth-order valence-electron chi connectivity index (χ4n) is 5.40. The van der Waals surface area contributed by atoms with E-state index < -0.39 is 0 Å². The second kappa shape index (κ2) is 8.66. The van der Waals surface area contributed by atoms with E-state index in [9.17, 15) is 4.79 Å². The molecule has 5 heteroatoms. The van der Waals surface area contributed by atoms with Crippen molar-refractivity contribution in [2.24, 2.45) is 5.92 Å². The SMILES string of the molecule is Cc1c(C(=O)CN2C(C)CCC2C)c2ccc(CC3COC3)cc2n1-c1ccc(Cl)cc1. The lowest BCUT2D eigenvalue weighted by Gasteiger charge is -2.26. The number of fused-ring (bicyclic) bond motifs is 1. The van der Waals surface area contributed by atoms with E-state index in [1.54, 1.807) is 0 Å². The predicted molar refractivity (Wildman–Crippen MR) is 130 cm³/mol. The van der Waals surface area contributed by atoms with E-state index in [4.69, 9.17) is 16.3 Å². The molecule has 0 aliphatic carbocycles. The minimum absolute atomic E-state index is 0.209. The summed E-state index contributed by atoms with van der Waals surface area (Å²) in [5.74, 6) is 0.799. The molecular weight excluding hydrogens is 420 g/mol. The smallest absolute Gasteiger partial charge is 0.179 e. The van der Waals surface area contributed by atoms with Crippen LogP contribution in [0.1, 0.15) is 48.3 Å². The largest absolute Gasteiger partial charge is 0.381 e. The number of ether oxygens (including phenoxy) is 1. The van der Waals surface area contributed by atoms with Gasteiger partial charge in [-0.1, -0.05) is 23.7 Å². The van der Waals surface area contributed by atoms with Crippen molar-refractivity contribution in [3.63, 3.8) is 0 Å². The first kappa shape index (κ1) is 21.7. The van der Waals surface area contributed by atoms with Crippen LogP contribution in [-0.4, -0.2) is 47.1 Å². The van der Waals surface area contributed by atoms with Crippen LogP contribution in [0, 0.1) is 12.8 Å². The summed E-state index contributed by atoms with van der Waals surface area (Å²) in [6, 6.07) is 15.4. The maximum absolute atomic E-state index is 13.7. The van der Waals surface area contributed by atoms with Gasteiger partial charge in [0.25, 0.3) is 0 Å². The third kappa shape index (κ3) is 3.89. The van der Waals surface area contributed by atoms with E-state index in [1.807, 2.05) is 24.3 Å². The Bertz CT molecular complexity index is 1140. The van der Waals surface area contributed by atoms with Crippen LogP contribution in [0.3, 0.4) is 0 Å². The molecule has 0 N–H and O–H groups in total. The Labute approximate surface area is 195 Å². The van der Waals surface area contributed by atoms with Crippen LogP contribution < -0.4 is 0 Å². The highest BCUT2D eigenvalue weighted by Gasteiger charge is 2.31. The number of aromatic nitrogens is 1. The summed E-state index contributed by atoms with van der Waals surface area (Å²) in [5.41, 5.74) is 5.26. The van der Waals surface area contributed by atoms with Crippen LogP contribution >= 0.6 is 11.6 Å². The van der Waals surface area contributed by atoms with Gasteiger partial charge in [0.15, 0.2) is 5.78 Å². The van der Waals surface area contributed by atoms with Gasteiger partial charge >= 0.3 is 0 Å². The molecule has 0 spiro atoms. The van der Waals surface area contributed by atoms with Gasteiger partial charge in [-0.2, -0.15) is 0 Å². The van der Waals surface area contributed by atoms with Gasteiger partial charge in [0.2, 0.25) is 0 Å². The van der Waals surface area contributed by atoms with Gasteiger partial charge in [-0.05, 0) is 75.9 Å². The van der Waals surface area contributed by atoms with Crippen LogP contribution in [-0.2, 0) is 11.2 Å². The molecule has 2 aromatic carbocycles. The van der Waals surface area contributed by atoms with E-state index in [1.165, 1.54) is 5.56 Å². The minimum atomic E-state index is 0.209. The van der Waals surface area contributed by atoms with E-state index >= 15 is 0 Å². The predicted octanol–water partition coefficient (Wildman–Crippen LogP) is 5.84. The lowest BCUT2D eigenvalue weighted by atomic mass is 9.96. The summed E-state index contributed by atoms with van der Waals surface area (Å²) >= 11 is 6.16. The monoisotopic (exact) mass is 450 g/mol. The summed E-state index contributed by atoms with van der Waals surface area (Å²) in [4.78, 5) is 16.0. The Balaban J connectivity index is 1.59. The summed E-state index contributed by atoms with van der Waals surface area (Å²) < 4.78 is 7.59. The number of halogens is 1. The van der Waals surface area contributed by atoms with Crippen LogP contribution in [0.4, 0.5) is 0 Å². The number of benzene rings is 2. The molecule has 0 bridgehead atoms. The molecule has 2 atom stereocenters. The maximum Gasteiger partial charge on any atom is 0.179 e. The fourth-order valence-corrected chi connectivity index (χ4v) is 5.53. The zero-order valence-electron chi connectivity index (χ0n) is 19.1. The molecule has 5 rings (SSSR count). The first-order valence-corrected chi connectivity index (χ1v) is 12.1. The van der Waals surface area contributed by atoms with Gasteiger partial charge in [0.05, 0.1) is 25.3 Å². The first-order valence-electron chi connectivity index (χ1n) is 11.7. The Hall–Kier alpha value is -2.14. The van der Waals surface area contributed by atoms with Crippen molar-refractivity contribution in [2.45, 2.75) is 52.1 Å². The van der Waals surface area contributed by atoms with Crippen molar-refractivity contribution < 1.29 is 9.53 Å². The molecule has 1 aromatic heterocycles. The molecule has 3 heterocycles. The summed E-state index contributed by atoms with van der Waals surface area (Å²) in [5, 5.41) is 1.75. The lowest BCUT2D eigenvalue weighted by Crippen LogP contribution is -2.37. The normalized spacial score (nSPS) is 21.9. The van der Waals surface area contributed by atoms with Crippen LogP contribution in [0.5, 0.6) is 0 Å². The molecule has 2 fully saturated rings. The van der Waals surface area contributed by atoms with Crippen molar-refractivity contribution in [3.05, 3.63) is 64.3 Å². The van der Waals surface area contributed by atoms with Crippen molar-refractivity contribution in [2.75, 3.05) is 19.8 Å². The fraction of sp³-hybridized carbons (Fsp3) is 0.444. The number of carbonyl (C=O) groups is 1. The number of hydrogen-bond acceptors (Lipinski definition) is 3. The number of nitrogens with zero attached hydrogens (tertiary/aromatic N) is 2. The molecule has 0 radical (unpaired) electrons. The Kier molecular flexibility index (Phi) is 5.87. The second-order valence-electron chi connectivity index (χ2n) is 9.60. The Morgan fingerprint density at radius 1 is 1.06 bits per heavy atom. The molecule has 2 aliphatic heterocycles. The van der Waals surface area contributed by atoms with E-state index in [-0.39, 0.29) is 5.78 Å². The average molecular weight is 451 g/mol. The standard InChI is InChI=1S/C27H31ClN2O2/c1-17-4-5-18(2)29(17)14-26(31)27-19(3)30(23-9-7-22(28)8-10-23)25-13-20(6-11-24(25)27)12-21-15-32-16-21/h6-11,13,17-18,21H,4-5,12,14-16H2,1-3H3. The highest BCUT2D eigenvalue weighted by atomic mass is 35.5. The molecule has 4 nitrogen and oxygen atoms in total. The van der Waals surface area contributed by atoms with Gasteiger partial charge in [0.1, 0.15) is 0 Å². The van der Waals surface area contributed by atoms with Gasteiger partial charge < -0.3 is 9.30 Å². The van der Waals surface area contributed by atoms with Crippen LogP contribution in [0.2, 0.25) is 5.02 Å². The lowest BCUT2D eigenvalue weighted by molar-refractivity contribution is -0.0312. The third-order valence-electron chi connectivity index (χ3n) is 7.33.